The number of nitrogens with one attached hydrogen (secondary N) is 2. The van der Waals surface area contributed by atoms with Gasteiger partial charge in [0.1, 0.15) is 0 Å². The highest BCUT2D eigenvalue weighted by Crippen LogP contribution is 2.31. The topological polar surface area (TPSA) is 58.2 Å². The first-order valence-electron chi connectivity index (χ1n) is 6.63. The van der Waals surface area contributed by atoms with Gasteiger partial charge in [-0.3, -0.25) is 9.59 Å². The van der Waals surface area contributed by atoms with Crippen molar-refractivity contribution in [3.8, 4) is 0 Å². The van der Waals surface area contributed by atoms with E-state index >= 15 is 0 Å². The van der Waals surface area contributed by atoms with Crippen molar-refractivity contribution in [1.82, 2.24) is 10.6 Å². The Morgan fingerprint density at radius 3 is 2.35 bits per heavy atom. The third kappa shape index (κ3) is 5.20. The van der Waals surface area contributed by atoms with Crippen molar-refractivity contribution in [2.24, 2.45) is 11.8 Å². The van der Waals surface area contributed by atoms with Gasteiger partial charge in [-0.1, -0.05) is 19.8 Å². The number of carbonyl (C=O) groups is 2. The zero-order valence-electron chi connectivity index (χ0n) is 10.9. The minimum atomic E-state index is -0.0179. The van der Waals surface area contributed by atoms with Crippen LogP contribution < -0.4 is 10.6 Å². The first-order chi connectivity index (χ1) is 8.11. The predicted octanol–water partition coefficient (Wildman–Crippen LogP) is 1.46. The molecule has 4 nitrogen and oxygen atoms in total. The fourth-order valence-electron chi connectivity index (χ4n) is 2.40. The minimum Gasteiger partial charge on any atom is -0.356 e. The Bertz CT molecular complexity index is 260. The Balaban J connectivity index is 2.09. The van der Waals surface area contributed by atoms with Crippen molar-refractivity contribution in [3.05, 3.63) is 0 Å². The van der Waals surface area contributed by atoms with Crippen molar-refractivity contribution in [1.29, 1.82) is 0 Å². The van der Waals surface area contributed by atoms with E-state index in [0.717, 1.165) is 6.42 Å². The third-order valence-electron chi connectivity index (χ3n) is 3.55. The summed E-state index contributed by atoms with van der Waals surface area (Å²) >= 11 is 0. The highest BCUT2D eigenvalue weighted by atomic mass is 16.2. The maximum absolute atomic E-state index is 11.8. The summed E-state index contributed by atoms with van der Waals surface area (Å²) in [6.07, 6.45) is 5.72. The number of rotatable bonds is 6. The van der Waals surface area contributed by atoms with E-state index in [1.807, 2.05) is 6.92 Å². The van der Waals surface area contributed by atoms with Crippen molar-refractivity contribution in [2.75, 3.05) is 13.1 Å². The van der Waals surface area contributed by atoms with Crippen molar-refractivity contribution >= 4 is 11.8 Å². The standard InChI is InChI=1S/C13H24N2O2/c1-10(12-6-3-4-7-12)13(17)15-9-5-8-14-11(2)16/h10,12H,3-9H2,1-2H3,(H,14,16)(H,15,17). The van der Waals surface area contributed by atoms with Crippen LogP contribution in [0.4, 0.5) is 0 Å². The van der Waals surface area contributed by atoms with Gasteiger partial charge in [-0.15, -0.1) is 0 Å². The fraction of sp³-hybridized carbons (Fsp3) is 0.846. The molecule has 2 amide bonds. The van der Waals surface area contributed by atoms with E-state index in [4.69, 9.17) is 0 Å². The average Bonchev–Trinajstić information content (AvgIpc) is 2.80. The number of amides is 2. The lowest BCUT2D eigenvalue weighted by atomic mass is 9.92. The molecule has 0 aromatic carbocycles. The van der Waals surface area contributed by atoms with Gasteiger partial charge in [0.05, 0.1) is 0 Å². The van der Waals surface area contributed by atoms with Crippen LogP contribution in [-0.2, 0) is 9.59 Å². The van der Waals surface area contributed by atoms with Gasteiger partial charge in [-0.2, -0.15) is 0 Å². The molecule has 0 aromatic heterocycles. The molecule has 1 rings (SSSR count). The largest absolute Gasteiger partial charge is 0.356 e. The molecule has 1 unspecified atom stereocenters. The van der Waals surface area contributed by atoms with E-state index in [9.17, 15) is 9.59 Å². The smallest absolute Gasteiger partial charge is 0.223 e. The quantitative estimate of drug-likeness (QED) is 0.690. The van der Waals surface area contributed by atoms with Crippen LogP contribution in [0.3, 0.4) is 0 Å². The summed E-state index contributed by atoms with van der Waals surface area (Å²) in [5.74, 6) is 0.860. The molecule has 1 aliphatic rings. The maximum atomic E-state index is 11.8. The summed E-state index contributed by atoms with van der Waals surface area (Å²) in [4.78, 5) is 22.5. The Hall–Kier alpha value is -1.06. The van der Waals surface area contributed by atoms with Crippen molar-refractivity contribution < 1.29 is 9.59 Å². The molecule has 1 saturated carbocycles. The van der Waals surface area contributed by atoms with Gasteiger partial charge in [0, 0.05) is 25.9 Å². The Morgan fingerprint density at radius 1 is 1.18 bits per heavy atom. The van der Waals surface area contributed by atoms with Gasteiger partial charge < -0.3 is 10.6 Å². The zero-order valence-corrected chi connectivity index (χ0v) is 10.9. The van der Waals surface area contributed by atoms with E-state index in [-0.39, 0.29) is 17.7 Å². The SMILES string of the molecule is CC(=O)NCCCNC(=O)C(C)C1CCCC1. The minimum absolute atomic E-state index is 0.0179. The molecule has 98 valence electrons. The lowest BCUT2D eigenvalue weighted by Crippen LogP contribution is -2.34. The van der Waals surface area contributed by atoms with Crippen molar-refractivity contribution in [3.63, 3.8) is 0 Å². The second-order valence-electron chi connectivity index (χ2n) is 4.96. The lowest BCUT2D eigenvalue weighted by molar-refractivity contribution is -0.126. The third-order valence-corrected chi connectivity index (χ3v) is 3.55. The van der Waals surface area contributed by atoms with Gasteiger partial charge in [0.2, 0.25) is 11.8 Å². The van der Waals surface area contributed by atoms with Crippen LogP contribution in [0.1, 0.15) is 46.0 Å². The predicted molar refractivity (Wildman–Crippen MR) is 67.4 cm³/mol. The number of hydrogen-bond acceptors (Lipinski definition) is 2. The van der Waals surface area contributed by atoms with Crippen LogP contribution in [0.25, 0.3) is 0 Å². The van der Waals surface area contributed by atoms with Crippen LogP contribution >= 0.6 is 0 Å². The molecule has 0 bridgehead atoms. The average molecular weight is 240 g/mol. The van der Waals surface area contributed by atoms with Gasteiger partial charge in [0.15, 0.2) is 0 Å². The molecule has 0 saturated heterocycles. The molecule has 1 atom stereocenters. The van der Waals surface area contributed by atoms with Crippen LogP contribution in [-0.4, -0.2) is 24.9 Å². The highest BCUT2D eigenvalue weighted by molar-refractivity contribution is 5.78. The molecule has 17 heavy (non-hydrogen) atoms. The summed E-state index contributed by atoms with van der Waals surface area (Å²) in [6, 6.07) is 0. The van der Waals surface area contributed by atoms with Crippen LogP contribution in [0, 0.1) is 11.8 Å². The van der Waals surface area contributed by atoms with Gasteiger partial charge in [-0.25, -0.2) is 0 Å². The fourth-order valence-corrected chi connectivity index (χ4v) is 2.40. The molecule has 1 aliphatic carbocycles. The van der Waals surface area contributed by atoms with E-state index in [1.165, 1.54) is 32.6 Å². The Kier molecular flexibility index (Phi) is 6.01. The molecule has 0 radical (unpaired) electrons. The molecule has 0 aliphatic heterocycles. The molecule has 0 aromatic rings. The highest BCUT2D eigenvalue weighted by Gasteiger charge is 2.26. The van der Waals surface area contributed by atoms with Gasteiger partial charge in [-0.05, 0) is 25.2 Å². The number of carbonyl (C=O) groups excluding carboxylic acids is 2. The summed E-state index contributed by atoms with van der Waals surface area (Å²) in [5.41, 5.74) is 0. The maximum Gasteiger partial charge on any atom is 0.223 e. The van der Waals surface area contributed by atoms with E-state index in [2.05, 4.69) is 10.6 Å². The zero-order chi connectivity index (χ0) is 12.7. The molecule has 1 fully saturated rings. The van der Waals surface area contributed by atoms with E-state index < -0.39 is 0 Å². The Labute approximate surface area is 104 Å². The second kappa shape index (κ2) is 7.30. The number of hydrogen-bond donors (Lipinski definition) is 2. The lowest BCUT2D eigenvalue weighted by Gasteiger charge is -2.18. The first kappa shape index (κ1) is 14.0. The van der Waals surface area contributed by atoms with Crippen LogP contribution in [0.2, 0.25) is 0 Å². The summed E-state index contributed by atoms with van der Waals surface area (Å²) < 4.78 is 0. The monoisotopic (exact) mass is 240 g/mol. The Morgan fingerprint density at radius 2 is 1.76 bits per heavy atom. The summed E-state index contributed by atoms with van der Waals surface area (Å²) in [5, 5.41) is 5.66. The van der Waals surface area contributed by atoms with E-state index in [1.54, 1.807) is 0 Å². The van der Waals surface area contributed by atoms with Crippen LogP contribution in [0.5, 0.6) is 0 Å². The first-order valence-corrected chi connectivity index (χ1v) is 6.63. The molecular formula is C13H24N2O2. The van der Waals surface area contributed by atoms with E-state index in [0.29, 0.717) is 19.0 Å². The van der Waals surface area contributed by atoms with Gasteiger partial charge in [0.25, 0.3) is 0 Å². The normalized spacial score (nSPS) is 17.8. The van der Waals surface area contributed by atoms with Crippen molar-refractivity contribution in [2.45, 2.75) is 46.0 Å². The second-order valence-corrected chi connectivity index (χ2v) is 4.96. The summed E-state index contributed by atoms with van der Waals surface area (Å²) in [7, 11) is 0. The molecule has 0 heterocycles. The van der Waals surface area contributed by atoms with Gasteiger partial charge >= 0.3 is 0 Å². The molecule has 4 heteroatoms. The molecule has 0 spiro atoms. The molecule has 2 N–H and O–H groups in total. The van der Waals surface area contributed by atoms with Crippen LogP contribution in [0.15, 0.2) is 0 Å². The summed E-state index contributed by atoms with van der Waals surface area (Å²) in [6.45, 7) is 4.81. The molecular weight excluding hydrogens is 216 g/mol.